The minimum atomic E-state index is -3.78. The molecule has 1 aliphatic rings. The van der Waals surface area contributed by atoms with E-state index in [0.717, 1.165) is 54.6 Å². The average molecular weight is 569 g/mol. The van der Waals surface area contributed by atoms with Crippen LogP contribution < -0.4 is 9.62 Å². The van der Waals surface area contributed by atoms with E-state index in [1.165, 1.54) is 4.90 Å². The molecule has 1 saturated carbocycles. The van der Waals surface area contributed by atoms with Crippen molar-refractivity contribution in [3.8, 4) is 0 Å². The Kier molecular flexibility index (Phi) is 10.3. The Labute approximate surface area is 230 Å². The van der Waals surface area contributed by atoms with Gasteiger partial charge in [-0.15, -0.1) is 0 Å². The first-order valence-electron chi connectivity index (χ1n) is 12.6. The molecule has 2 aromatic carbocycles. The molecule has 10 heteroatoms. The first kappa shape index (κ1) is 29.3. The number of nitrogens with one attached hydrogen (secondary N) is 1. The second kappa shape index (κ2) is 13.0. The molecule has 0 heterocycles. The number of carbonyl (C=O) groups excluding carboxylic acids is 2. The van der Waals surface area contributed by atoms with Gasteiger partial charge in [0.1, 0.15) is 12.6 Å². The Bertz CT molecular complexity index is 1200. The van der Waals surface area contributed by atoms with Crippen molar-refractivity contribution in [2.75, 3.05) is 17.1 Å². The zero-order valence-electron chi connectivity index (χ0n) is 21.5. The molecule has 1 N–H and O–H groups in total. The van der Waals surface area contributed by atoms with Crippen molar-refractivity contribution < 1.29 is 18.0 Å². The lowest BCUT2D eigenvalue weighted by Gasteiger charge is -2.33. The Hall–Kier alpha value is -2.29. The number of hydrogen-bond donors (Lipinski definition) is 1. The van der Waals surface area contributed by atoms with Crippen molar-refractivity contribution >= 4 is 50.7 Å². The summed E-state index contributed by atoms with van der Waals surface area (Å²) in [5, 5.41) is 3.89. The molecule has 0 aromatic heterocycles. The van der Waals surface area contributed by atoms with Gasteiger partial charge >= 0.3 is 0 Å². The summed E-state index contributed by atoms with van der Waals surface area (Å²) in [6.45, 7) is 3.24. The number of halogens is 2. The second-order valence-corrected chi connectivity index (χ2v) is 12.3. The summed E-state index contributed by atoms with van der Waals surface area (Å²) in [4.78, 5) is 28.3. The van der Waals surface area contributed by atoms with Gasteiger partial charge in [-0.05, 0) is 61.6 Å². The van der Waals surface area contributed by atoms with Crippen LogP contribution in [0.3, 0.4) is 0 Å². The monoisotopic (exact) mass is 567 g/mol. The molecule has 1 atom stereocenters. The molecule has 0 unspecified atom stereocenters. The third kappa shape index (κ3) is 8.09. The summed E-state index contributed by atoms with van der Waals surface area (Å²) >= 11 is 12.4. The molecule has 1 fully saturated rings. The normalized spacial score (nSPS) is 15.2. The van der Waals surface area contributed by atoms with Gasteiger partial charge in [-0.2, -0.15) is 0 Å². The van der Waals surface area contributed by atoms with E-state index < -0.39 is 28.5 Å². The summed E-state index contributed by atoms with van der Waals surface area (Å²) in [6.07, 6.45) is 6.96. The smallest absolute Gasteiger partial charge is 0.244 e. The van der Waals surface area contributed by atoms with Crippen molar-refractivity contribution in [3.63, 3.8) is 0 Å². The summed E-state index contributed by atoms with van der Waals surface area (Å²) in [5.41, 5.74) is 2.04. The largest absolute Gasteiger partial charge is 0.352 e. The Morgan fingerprint density at radius 1 is 1.05 bits per heavy atom. The molecule has 0 saturated heterocycles. The summed E-state index contributed by atoms with van der Waals surface area (Å²) in [5.74, 6) is -0.786. The molecule has 0 aliphatic heterocycles. The van der Waals surface area contributed by atoms with Crippen LogP contribution in [0.4, 0.5) is 5.69 Å². The third-order valence-electron chi connectivity index (χ3n) is 6.79. The maximum Gasteiger partial charge on any atom is 0.244 e. The fourth-order valence-corrected chi connectivity index (χ4v) is 5.81. The van der Waals surface area contributed by atoms with Crippen LogP contribution in [-0.2, 0) is 32.6 Å². The topological polar surface area (TPSA) is 86.8 Å². The Morgan fingerprint density at radius 2 is 1.70 bits per heavy atom. The predicted octanol–water partition coefficient (Wildman–Crippen LogP) is 5.19. The first-order valence-corrected chi connectivity index (χ1v) is 15.2. The maximum atomic E-state index is 13.7. The highest BCUT2D eigenvalue weighted by molar-refractivity contribution is 7.92. The van der Waals surface area contributed by atoms with Crippen LogP contribution in [0.25, 0.3) is 0 Å². The number of hydrogen-bond acceptors (Lipinski definition) is 4. The van der Waals surface area contributed by atoms with Gasteiger partial charge in [0.05, 0.1) is 11.9 Å². The van der Waals surface area contributed by atoms with E-state index in [0.29, 0.717) is 21.3 Å². The highest BCUT2D eigenvalue weighted by atomic mass is 35.5. The molecule has 2 amide bonds. The molecule has 0 radical (unpaired) electrons. The molecule has 202 valence electrons. The standard InChI is InChI=1S/C27H35Cl2N3O4S/c1-4-20-10-14-24(15-11-20)32(37(3,35)36)18-26(33)31(17-21-12-13-22(28)16-25(21)29)19(2)27(34)30-23-8-6-5-7-9-23/h10-16,19,23H,4-9,17-18H2,1-3H3,(H,30,34)/t19-/m1/s1. The molecule has 3 rings (SSSR count). The van der Waals surface area contributed by atoms with Crippen molar-refractivity contribution in [2.45, 2.75) is 71.0 Å². The molecule has 1 aliphatic carbocycles. The van der Waals surface area contributed by atoms with Gasteiger partial charge in [0.2, 0.25) is 21.8 Å². The molecular formula is C27H35Cl2N3O4S. The number of rotatable bonds is 10. The van der Waals surface area contributed by atoms with Crippen LogP contribution >= 0.6 is 23.2 Å². The van der Waals surface area contributed by atoms with E-state index >= 15 is 0 Å². The van der Waals surface area contributed by atoms with Gasteiger partial charge in [0, 0.05) is 22.6 Å². The van der Waals surface area contributed by atoms with Crippen molar-refractivity contribution in [2.24, 2.45) is 0 Å². The van der Waals surface area contributed by atoms with E-state index in [9.17, 15) is 18.0 Å². The highest BCUT2D eigenvalue weighted by Gasteiger charge is 2.31. The van der Waals surface area contributed by atoms with Gasteiger partial charge in [-0.25, -0.2) is 8.42 Å². The van der Waals surface area contributed by atoms with Crippen molar-refractivity contribution in [1.82, 2.24) is 10.2 Å². The fraction of sp³-hybridized carbons (Fsp3) is 0.481. The lowest BCUT2D eigenvalue weighted by atomic mass is 9.95. The quantitative estimate of drug-likeness (QED) is 0.428. The SMILES string of the molecule is CCc1ccc(N(CC(=O)N(Cc2ccc(Cl)cc2Cl)[C@H](C)C(=O)NC2CCCCC2)S(C)(=O)=O)cc1. The van der Waals surface area contributed by atoms with Crippen LogP contribution in [-0.4, -0.2) is 50.0 Å². The third-order valence-corrected chi connectivity index (χ3v) is 8.51. The van der Waals surface area contributed by atoms with Gasteiger partial charge < -0.3 is 10.2 Å². The van der Waals surface area contributed by atoms with E-state index in [1.54, 1.807) is 37.3 Å². The predicted molar refractivity (Wildman–Crippen MR) is 149 cm³/mol. The lowest BCUT2D eigenvalue weighted by molar-refractivity contribution is -0.139. The van der Waals surface area contributed by atoms with Crippen molar-refractivity contribution in [1.29, 1.82) is 0 Å². The molecule has 0 spiro atoms. The van der Waals surface area contributed by atoms with Crippen molar-refractivity contribution in [3.05, 3.63) is 63.6 Å². The number of anilines is 1. The van der Waals surface area contributed by atoms with Crippen LogP contribution in [0.15, 0.2) is 42.5 Å². The zero-order valence-corrected chi connectivity index (χ0v) is 23.9. The molecule has 37 heavy (non-hydrogen) atoms. The van der Waals surface area contributed by atoms with Gasteiger partial charge in [-0.3, -0.25) is 13.9 Å². The fourth-order valence-electron chi connectivity index (χ4n) is 4.50. The molecule has 7 nitrogen and oxygen atoms in total. The summed E-state index contributed by atoms with van der Waals surface area (Å²) < 4.78 is 26.5. The number of aryl methyl sites for hydroxylation is 1. The van der Waals surface area contributed by atoms with E-state index in [4.69, 9.17) is 23.2 Å². The van der Waals surface area contributed by atoms with E-state index in [1.807, 2.05) is 19.1 Å². The summed E-state index contributed by atoms with van der Waals surface area (Å²) in [6, 6.07) is 11.2. The van der Waals surface area contributed by atoms with Crippen LogP contribution in [0.1, 0.15) is 57.1 Å². The number of carbonyl (C=O) groups is 2. The van der Waals surface area contributed by atoms with E-state index in [2.05, 4.69) is 5.32 Å². The van der Waals surface area contributed by atoms with Crippen LogP contribution in [0.2, 0.25) is 10.0 Å². The molecular weight excluding hydrogens is 533 g/mol. The number of benzene rings is 2. The second-order valence-electron chi connectivity index (χ2n) is 9.57. The average Bonchev–Trinajstić information content (AvgIpc) is 2.86. The Balaban J connectivity index is 1.89. The number of nitrogens with zero attached hydrogens (tertiary/aromatic N) is 2. The number of amides is 2. The number of sulfonamides is 1. The van der Waals surface area contributed by atoms with Crippen LogP contribution in [0, 0.1) is 0 Å². The molecule has 0 bridgehead atoms. The minimum Gasteiger partial charge on any atom is -0.352 e. The maximum absolute atomic E-state index is 13.7. The van der Waals surface area contributed by atoms with Gasteiger partial charge in [0.25, 0.3) is 0 Å². The Morgan fingerprint density at radius 3 is 2.27 bits per heavy atom. The zero-order chi connectivity index (χ0) is 27.2. The summed E-state index contributed by atoms with van der Waals surface area (Å²) in [7, 11) is -3.78. The first-order chi connectivity index (χ1) is 17.5. The van der Waals surface area contributed by atoms with Gasteiger partial charge in [-0.1, -0.05) is 67.6 Å². The van der Waals surface area contributed by atoms with Crippen LogP contribution in [0.5, 0.6) is 0 Å². The highest BCUT2D eigenvalue weighted by Crippen LogP contribution is 2.25. The van der Waals surface area contributed by atoms with Gasteiger partial charge in [0.15, 0.2) is 0 Å². The lowest BCUT2D eigenvalue weighted by Crippen LogP contribution is -2.53. The molecule has 2 aromatic rings. The minimum absolute atomic E-state index is 0.0282. The van der Waals surface area contributed by atoms with E-state index in [-0.39, 0.29) is 18.5 Å².